The van der Waals surface area contributed by atoms with Gasteiger partial charge in [-0.2, -0.15) is 13.2 Å². The van der Waals surface area contributed by atoms with Crippen LogP contribution in [0, 0.1) is 12.8 Å². The van der Waals surface area contributed by atoms with Gasteiger partial charge in [-0.05, 0) is 55.0 Å². The normalized spacial score (nSPS) is 13.7. The highest BCUT2D eigenvalue weighted by molar-refractivity contribution is 5.91. The average Bonchev–Trinajstić information content (AvgIpc) is 3.65. The Hall–Kier alpha value is -4.35. The molecule has 12 heteroatoms. The first kappa shape index (κ1) is 25.3. The smallest absolute Gasteiger partial charge is 0.416 e. The van der Waals surface area contributed by atoms with Crippen LogP contribution in [0.25, 0.3) is 11.0 Å². The van der Waals surface area contributed by atoms with E-state index in [-0.39, 0.29) is 22.6 Å². The molecule has 4 aromatic rings. The van der Waals surface area contributed by atoms with E-state index in [0.29, 0.717) is 28.1 Å². The number of esters is 1. The van der Waals surface area contributed by atoms with Crippen molar-refractivity contribution in [1.82, 2.24) is 18.7 Å². The van der Waals surface area contributed by atoms with Gasteiger partial charge in [-0.25, -0.2) is 14.4 Å². The number of carbonyl (C=O) groups is 1. The maximum atomic E-state index is 13.3. The Morgan fingerprint density at radius 2 is 1.82 bits per heavy atom. The number of H-pyrrole nitrogens is 1. The number of fused-ring (bicyclic) bond motifs is 1. The van der Waals surface area contributed by atoms with Crippen molar-refractivity contribution < 1.29 is 22.7 Å². The summed E-state index contributed by atoms with van der Waals surface area (Å²) in [6.07, 6.45) is -1.55. The first-order valence-corrected chi connectivity index (χ1v) is 11.9. The lowest BCUT2D eigenvalue weighted by Gasteiger charge is -2.14. The summed E-state index contributed by atoms with van der Waals surface area (Å²) in [6.45, 7) is 1.38. The van der Waals surface area contributed by atoms with Crippen molar-refractivity contribution >= 4 is 17.0 Å². The molecule has 0 aliphatic heterocycles. The van der Waals surface area contributed by atoms with Crippen molar-refractivity contribution in [2.45, 2.75) is 39.0 Å². The zero-order chi connectivity index (χ0) is 27.4. The Morgan fingerprint density at radius 1 is 1.08 bits per heavy atom. The molecule has 1 N–H and O–H groups in total. The Balaban J connectivity index is 1.44. The number of aryl methyl sites for hydroxylation is 1. The van der Waals surface area contributed by atoms with Gasteiger partial charge in [-0.1, -0.05) is 12.1 Å². The zero-order valence-corrected chi connectivity index (χ0v) is 20.5. The summed E-state index contributed by atoms with van der Waals surface area (Å²) < 4.78 is 49.0. The van der Waals surface area contributed by atoms with Gasteiger partial charge in [-0.15, -0.1) is 0 Å². The van der Waals surface area contributed by atoms with Gasteiger partial charge in [0.25, 0.3) is 5.56 Å². The van der Waals surface area contributed by atoms with Crippen LogP contribution in [-0.2, 0) is 26.3 Å². The number of hydrogen-bond donors (Lipinski definition) is 1. The standard InChI is InChI=1S/C26H23F3N4O5/c1-14-16(4-3-5-19(14)26(27,28)29)13-33-22(34)18(11-30-24(33)36)23(35)38-17-8-9-20-21(10-17)31(2)25(37)32(20)12-15-6-7-15/h3-5,8-11,15H,6-7,12-13H2,1-2H3,(H,30,36). The molecule has 5 rings (SSSR count). The maximum Gasteiger partial charge on any atom is 0.416 e. The van der Waals surface area contributed by atoms with Crippen LogP contribution in [0.4, 0.5) is 13.2 Å². The molecule has 2 aromatic heterocycles. The molecule has 0 amide bonds. The summed E-state index contributed by atoms with van der Waals surface area (Å²) in [7, 11) is 1.61. The Morgan fingerprint density at radius 3 is 2.50 bits per heavy atom. The molecule has 0 saturated heterocycles. The van der Waals surface area contributed by atoms with Crippen LogP contribution >= 0.6 is 0 Å². The summed E-state index contributed by atoms with van der Waals surface area (Å²) >= 11 is 0. The lowest BCUT2D eigenvalue weighted by Crippen LogP contribution is -2.39. The highest BCUT2D eigenvalue weighted by Crippen LogP contribution is 2.33. The van der Waals surface area contributed by atoms with Gasteiger partial charge >= 0.3 is 23.5 Å². The number of ether oxygens (including phenoxy) is 1. The van der Waals surface area contributed by atoms with Crippen LogP contribution in [0.2, 0.25) is 0 Å². The largest absolute Gasteiger partial charge is 0.423 e. The molecule has 2 aromatic carbocycles. The van der Waals surface area contributed by atoms with E-state index in [1.54, 1.807) is 17.7 Å². The lowest BCUT2D eigenvalue weighted by atomic mass is 10.0. The van der Waals surface area contributed by atoms with Gasteiger partial charge in [-0.3, -0.25) is 18.5 Å². The fraction of sp³-hybridized carbons (Fsp3) is 0.308. The molecule has 1 aliphatic rings. The number of benzene rings is 2. The van der Waals surface area contributed by atoms with E-state index in [4.69, 9.17) is 4.74 Å². The van der Waals surface area contributed by atoms with Crippen LogP contribution in [0.1, 0.15) is 39.9 Å². The topological polar surface area (TPSA) is 108 Å². The second kappa shape index (κ2) is 9.19. The van der Waals surface area contributed by atoms with E-state index in [2.05, 4.69) is 4.98 Å². The van der Waals surface area contributed by atoms with Gasteiger partial charge in [0.05, 0.1) is 23.1 Å². The molecule has 1 aliphatic carbocycles. The summed E-state index contributed by atoms with van der Waals surface area (Å²) in [5, 5.41) is 0. The van der Waals surface area contributed by atoms with Gasteiger partial charge < -0.3 is 9.72 Å². The number of nitrogens with zero attached hydrogens (tertiary/aromatic N) is 3. The van der Waals surface area contributed by atoms with E-state index in [9.17, 15) is 32.3 Å². The van der Waals surface area contributed by atoms with Crippen LogP contribution in [0.3, 0.4) is 0 Å². The number of rotatable bonds is 6. The van der Waals surface area contributed by atoms with E-state index in [0.717, 1.165) is 25.1 Å². The number of nitrogens with one attached hydrogen (secondary N) is 1. The molecule has 0 spiro atoms. The number of imidazole rings is 1. The van der Waals surface area contributed by atoms with Crippen molar-refractivity contribution in [3.63, 3.8) is 0 Å². The molecule has 38 heavy (non-hydrogen) atoms. The molecular formula is C26H23F3N4O5. The van der Waals surface area contributed by atoms with Crippen molar-refractivity contribution in [2.24, 2.45) is 13.0 Å². The van der Waals surface area contributed by atoms with E-state index < -0.39 is 41.1 Å². The molecular weight excluding hydrogens is 505 g/mol. The third kappa shape index (κ3) is 4.57. The van der Waals surface area contributed by atoms with Gasteiger partial charge in [0.1, 0.15) is 11.3 Å². The number of hydrogen-bond acceptors (Lipinski definition) is 5. The van der Waals surface area contributed by atoms with Crippen molar-refractivity contribution in [1.29, 1.82) is 0 Å². The Bertz CT molecular complexity index is 1760. The number of aromatic nitrogens is 4. The third-order valence-corrected chi connectivity index (χ3v) is 6.83. The predicted molar refractivity (Wildman–Crippen MR) is 131 cm³/mol. The number of aromatic amines is 1. The molecule has 0 unspecified atom stereocenters. The summed E-state index contributed by atoms with van der Waals surface area (Å²) in [4.78, 5) is 53.2. The molecule has 0 atom stereocenters. The molecule has 2 heterocycles. The van der Waals surface area contributed by atoms with E-state index >= 15 is 0 Å². The quantitative estimate of drug-likeness (QED) is 0.306. The minimum Gasteiger partial charge on any atom is -0.423 e. The third-order valence-electron chi connectivity index (χ3n) is 6.83. The van der Waals surface area contributed by atoms with Crippen molar-refractivity contribution in [2.75, 3.05) is 0 Å². The zero-order valence-electron chi connectivity index (χ0n) is 20.5. The minimum atomic E-state index is -4.60. The summed E-state index contributed by atoms with van der Waals surface area (Å²) in [5.41, 5.74) is -2.29. The Kier molecular flexibility index (Phi) is 6.12. The van der Waals surface area contributed by atoms with Crippen LogP contribution in [0.5, 0.6) is 5.75 Å². The van der Waals surface area contributed by atoms with Crippen LogP contribution < -0.4 is 21.7 Å². The van der Waals surface area contributed by atoms with Crippen LogP contribution in [-0.4, -0.2) is 24.7 Å². The summed E-state index contributed by atoms with van der Waals surface area (Å²) in [5.74, 6) is -0.520. The van der Waals surface area contributed by atoms with Gasteiger partial charge in [0.2, 0.25) is 0 Å². The van der Waals surface area contributed by atoms with Crippen LogP contribution in [0.15, 0.2) is 57.0 Å². The minimum absolute atomic E-state index is 0.0764. The fourth-order valence-corrected chi connectivity index (χ4v) is 4.48. The van der Waals surface area contributed by atoms with Gasteiger partial charge in [0, 0.05) is 25.9 Å². The number of carbonyl (C=O) groups excluding carboxylic acids is 1. The molecule has 9 nitrogen and oxygen atoms in total. The van der Waals surface area contributed by atoms with Gasteiger partial charge in [0.15, 0.2) is 0 Å². The monoisotopic (exact) mass is 528 g/mol. The lowest BCUT2D eigenvalue weighted by molar-refractivity contribution is -0.138. The SMILES string of the molecule is Cc1c(Cn2c(=O)[nH]cc(C(=O)Oc3ccc4c(c3)n(C)c(=O)n4CC3CC3)c2=O)cccc1C(F)(F)F. The second-order valence-corrected chi connectivity index (χ2v) is 9.42. The first-order chi connectivity index (χ1) is 18.0. The average molecular weight is 528 g/mol. The Labute approximate surface area is 212 Å². The molecule has 0 radical (unpaired) electrons. The fourth-order valence-electron chi connectivity index (χ4n) is 4.48. The number of alkyl halides is 3. The first-order valence-electron chi connectivity index (χ1n) is 11.9. The number of halogens is 3. The summed E-state index contributed by atoms with van der Waals surface area (Å²) in [6, 6.07) is 8.13. The van der Waals surface area contributed by atoms with Crippen molar-refractivity contribution in [3.8, 4) is 5.75 Å². The maximum absolute atomic E-state index is 13.3. The molecule has 1 fully saturated rings. The van der Waals surface area contributed by atoms with E-state index in [1.807, 2.05) is 0 Å². The second-order valence-electron chi connectivity index (χ2n) is 9.42. The van der Waals surface area contributed by atoms with E-state index in [1.165, 1.54) is 35.8 Å². The molecule has 198 valence electrons. The molecule has 0 bridgehead atoms. The highest BCUT2D eigenvalue weighted by atomic mass is 19.4. The van der Waals surface area contributed by atoms with Crippen molar-refractivity contribution in [3.05, 3.63) is 96.2 Å². The highest BCUT2D eigenvalue weighted by Gasteiger charge is 2.33. The predicted octanol–water partition coefficient (Wildman–Crippen LogP) is 3.19. The molecule has 1 saturated carbocycles.